The highest BCUT2D eigenvalue weighted by atomic mass is 35.5. The fourth-order valence-electron chi connectivity index (χ4n) is 4.56. The van der Waals surface area contributed by atoms with E-state index in [4.69, 9.17) is 27.3 Å². The first-order chi connectivity index (χ1) is 20.2. The Morgan fingerprint density at radius 1 is 1.12 bits per heavy atom. The van der Waals surface area contributed by atoms with E-state index in [-0.39, 0.29) is 39.2 Å². The van der Waals surface area contributed by atoms with Gasteiger partial charge in [0.15, 0.2) is 15.7 Å². The molecule has 4 N–H and O–H groups in total. The number of nitrogens with one attached hydrogen (secondary N) is 2. The fraction of sp³-hybridized carbons (Fsp3) is 0.357. The number of rotatable bonds is 11. The first-order valence-electron chi connectivity index (χ1n) is 13.4. The van der Waals surface area contributed by atoms with Gasteiger partial charge in [-0.2, -0.15) is 15.2 Å². The van der Waals surface area contributed by atoms with Crippen molar-refractivity contribution in [2.45, 2.75) is 24.7 Å². The highest BCUT2D eigenvalue weighted by Crippen LogP contribution is 2.34. The lowest BCUT2D eigenvalue weighted by molar-refractivity contribution is 0.0639. The number of carbonyl (C=O) groups excluding carboxylic acids is 1. The Morgan fingerprint density at radius 2 is 1.86 bits per heavy atom. The van der Waals surface area contributed by atoms with Crippen LogP contribution in [-0.4, -0.2) is 79.7 Å². The number of piperazine rings is 1. The number of aromatic nitrogens is 2. The van der Waals surface area contributed by atoms with E-state index in [0.29, 0.717) is 68.3 Å². The number of hydrogen-bond acceptors (Lipinski definition) is 11. The van der Waals surface area contributed by atoms with Gasteiger partial charge in [-0.05, 0) is 36.8 Å². The summed E-state index contributed by atoms with van der Waals surface area (Å²) >= 11 is 6.39. The predicted octanol–water partition coefficient (Wildman–Crippen LogP) is 4.06. The monoisotopic (exact) mass is 612 g/mol. The van der Waals surface area contributed by atoms with E-state index in [1.165, 1.54) is 13.2 Å². The lowest BCUT2D eigenvalue weighted by Crippen LogP contribution is -2.48. The molecule has 0 radical (unpaired) electrons. The van der Waals surface area contributed by atoms with Crippen LogP contribution in [0.25, 0.3) is 0 Å². The number of sulfone groups is 1. The minimum Gasteiger partial charge on any atom is -0.495 e. The van der Waals surface area contributed by atoms with E-state index in [1.807, 2.05) is 0 Å². The molecule has 2 aromatic carbocycles. The second-order valence-corrected chi connectivity index (χ2v) is 12.1. The normalized spacial score (nSPS) is 13.8. The number of nitrogens with zero attached hydrogens (tertiary/aromatic N) is 5. The summed E-state index contributed by atoms with van der Waals surface area (Å²) in [5, 5.41) is 14.9. The lowest BCUT2D eigenvalue weighted by atomic mass is 10.1. The quantitative estimate of drug-likeness (QED) is 0.286. The molecule has 1 amide bonds. The van der Waals surface area contributed by atoms with E-state index >= 15 is 0 Å². The summed E-state index contributed by atoms with van der Waals surface area (Å²) in [6.45, 7) is 5.07. The number of ether oxygens (including phenoxy) is 1. The molecule has 0 bridgehead atoms. The van der Waals surface area contributed by atoms with E-state index in [0.717, 1.165) is 0 Å². The van der Waals surface area contributed by atoms with Gasteiger partial charge in [-0.25, -0.2) is 8.42 Å². The van der Waals surface area contributed by atoms with Gasteiger partial charge in [0.1, 0.15) is 16.6 Å². The van der Waals surface area contributed by atoms with E-state index in [1.54, 1.807) is 48.2 Å². The van der Waals surface area contributed by atoms with Crippen molar-refractivity contribution in [2.75, 3.05) is 62.0 Å². The van der Waals surface area contributed by atoms with Gasteiger partial charge < -0.3 is 26.0 Å². The van der Waals surface area contributed by atoms with Gasteiger partial charge in [0.2, 0.25) is 5.95 Å². The first kappa shape index (κ1) is 30.8. The van der Waals surface area contributed by atoms with Crippen LogP contribution in [0.2, 0.25) is 5.02 Å². The van der Waals surface area contributed by atoms with Crippen molar-refractivity contribution >= 4 is 56.3 Å². The van der Waals surface area contributed by atoms with Crippen molar-refractivity contribution < 1.29 is 17.9 Å². The zero-order valence-electron chi connectivity index (χ0n) is 23.4. The molecule has 0 spiro atoms. The van der Waals surface area contributed by atoms with Crippen LogP contribution < -0.4 is 21.1 Å². The Labute approximate surface area is 250 Å². The molecule has 1 aliphatic heterocycles. The molecular formula is C28H33ClN8O4S. The highest BCUT2D eigenvalue weighted by molar-refractivity contribution is 7.91. The molecule has 222 valence electrons. The molecule has 14 heteroatoms. The SMILES string of the molecule is CCCS(=O)(=O)c1ccccc1Nc1nc(Nc2ccc(C(=O)N3CCN(CCC#N)CC3)cc2OC)nc(N)c1Cl. The average Bonchev–Trinajstić information content (AvgIpc) is 2.99. The molecule has 0 saturated carbocycles. The molecule has 1 aromatic heterocycles. The van der Waals surface area contributed by atoms with Crippen LogP contribution in [0.4, 0.5) is 29.0 Å². The van der Waals surface area contributed by atoms with Crippen molar-refractivity contribution in [3.63, 3.8) is 0 Å². The Kier molecular flexibility index (Phi) is 10.1. The smallest absolute Gasteiger partial charge is 0.254 e. The zero-order chi connectivity index (χ0) is 30.3. The van der Waals surface area contributed by atoms with Crippen LogP contribution in [0, 0.1) is 11.3 Å². The third-order valence-electron chi connectivity index (χ3n) is 6.72. The number of methoxy groups -OCH3 is 1. The molecule has 12 nitrogen and oxygen atoms in total. The molecule has 1 saturated heterocycles. The topological polar surface area (TPSA) is 167 Å². The van der Waals surface area contributed by atoms with Crippen LogP contribution in [0.1, 0.15) is 30.1 Å². The molecule has 1 fully saturated rings. The summed E-state index contributed by atoms with van der Waals surface area (Å²) in [5.74, 6) is 0.440. The van der Waals surface area contributed by atoms with Crippen LogP contribution in [0.3, 0.4) is 0 Å². The number of hydrogen-bond donors (Lipinski definition) is 3. The van der Waals surface area contributed by atoms with Crippen molar-refractivity contribution in [2.24, 2.45) is 0 Å². The number of benzene rings is 2. The zero-order valence-corrected chi connectivity index (χ0v) is 25.0. The third kappa shape index (κ3) is 7.20. The van der Waals surface area contributed by atoms with Crippen LogP contribution in [0.5, 0.6) is 5.75 Å². The number of nitrogen functional groups attached to an aromatic ring is 1. The predicted molar refractivity (Wildman–Crippen MR) is 162 cm³/mol. The van der Waals surface area contributed by atoms with Crippen LogP contribution >= 0.6 is 11.6 Å². The van der Waals surface area contributed by atoms with Gasteiger partial charge in [0.25, 0.3) is 5.91 Å². The van der Waals surface area contributed by atoms with Crippen LogP contribution in [-0.2, 0) is 9.84 Å². The average molecular weight is 613 g/mol. The van der Waals surface area contributed by atoms with Gasteiger partial charge in [0.05, 0.1) is 35.2 Å². The Morgan fingerprint density at radius 3 is 2.55 bits per heavy atom. The Balaban J connectivity index is 1.54. The number of amides is 1. The maximum absolute atomic E-state index is 13.2. The van der Waals surface area contributed by atoms with E-state index < -0.39 is 9.84 Å². The van der Waals surface area contributed by atoms with Crippen molar-refractivity contribution in [1.29, 1.82) is 5.26 Å². The fourth-order valence-corrected chi connectivity index (χ4v) is 6.19. The molecule has 4 rings (SSSR count). The van der Waals surface area contributed by atoms with Crippen molar-refractivity contribution in [3.05, 3.63) is 53.1 Å². The summed E-state index contributed by atoms with van der Waals surface area (Å²) in [6.07, 6.45) is 0.937. The second kappa shape index (κ2) is 13.7. The molecule has 42 heavy (non-hydrogen) atoms. The maximum atomic E-state index is 13.2. The van der Waals surface area contributed by atoms with Gasteiger partial charge >= 0.3 is 0 Å². The summed E-state index contributed by atoms with van der Waals surface area (Å²) in [4.78, 5) is 25.9. The summed E-state index contributed by atoms with van der Waals surface area (Å²) in [7, 11) is -2.05. The highest BCUT2D eigenvalue weighted by Gasteiger charge is 2.24. The number of para-hydroxylation sites is 1. The second-order valence-electron chi connectivity index (χ2n) is 9.62. The van der Waals surface area contributed by atoms with Gasteiger partial charge in [-0.3, -0.25) is 9.69 Å². The minimum absolute atomic E-state index is 0.00498. The largest absolute Gasteiger partial charge is 0.495 e. The third-order valence-corrected chi connectivity index (χ3v) is 9.06. The summed E-state index contributed by atoms with van der Waals surface area (Å²) in [5.41, 5.74) is 7.33. The standard InChI is InChI=1S/C28H33ClN8O4S/c1-3-17-42(39,40)23-8-5-4-7-21(23)32-26-24(29)25(31)34-28(35-26)33-20-10-9-19(18-22(20)41-2)27(38)37-15-13-36(14-16-37)12-6-11-30/h4-5,7-10,18H,3,6,12-17H2,1-2H3,(H4,31,32,33,34,35). The van der Waals surface area contributed by atoms with Gasteiger partial charge in [-0.1, -0.05) is 30.7 Å². The Bertz CT molecular complexity index is 1590. The van der Waals surface area contributed by atoms with Crippen molar-refractivity contribution in [1.82, 2.24) is 19.8 Å². The number of carbonyl (C=O) groups is 1. The summed E-state index contributed by atoms with van der Waals surface area (Å²) in [6, 6.07) is 13.6. The van der Waals surface area contributed by atoms with E-state index in [2.05, 4.69) is 31.6 Å². The van der Waals surface area contributed by atoms with Crippen LogP contribution in [0.15, 0.2) is 47.4 Å². The maximum Gasteiger partial charge on any atom is 0.254 e. The van der Waals surface area contributed by atoms with Gasteiger partial charge in [0, 0.05) is 44.7 Å². The molecule has 0 atom stereocenters. The number of nitrogens with two attached hydrogens (primary N) is 1. The molecule has 1 aliphatic rings. The lowest BCUT2D eigenvalue weighted by Gasteiger charge is -2.34. The minimum atomic E-state index is -3.54. The molecule has 0 unspecified atom stereocenters. The Hall–Kier alpha value is -4.12. The number of anilines is 5. The molecule has 3 aromatic rings. The van der Waals surface area contributed by atoms with Crippen molar-refractivity contribution in [3.8, 4) is 11.8 Å². The van der Waals surface area contributed by atoms with Gasteiger partial charge in [-0.15, -0.1) is 0 Å². The first-order valence-corrected chi connectivity index (χ1v) is 15.4. The molecular weight excluding hydrogens is 580 g/mol. The van der Waals surface area contributed by atoms with E-state index in [9.17, 15) is 13.2 Å². The molecule has 2 heterocycles. The number of nitriles is 1. The number of halogens is 1. The summed E-state index contributed by atoms with van der Waals surface area (Å²) < 4.78 is 31.2. The molecule has 0 aliphatic carbocycles.